The molecule has 3 rings (SSSR count). The van der Waals surface area contributed by atoms with Gasteiger partial charge in [-0.3, -0.25) is 4.79 Å². The van der Waals surface area contributed by atoms with Crippen LogP contribution in [0.1, 0.15) is 5.56 Å². The van der Waals surface area contributed by atoms with Crippen LogP contribution in [0.3, 0.4) is 0 Å². The van der Waals surface area contributed by atoms with Crippen molar-refractivity contribution in [3.63, 3.8) is 0 Å². The van der Waals surface area contributed by atoms with Gasteiger partial charge in [-0.05, 0) is 18.1 Å². The number of benzene rings is 1. The maximum atomic E-state index is 12.3. The number of fused-ring (bicyclic) bond motifs is 1. The fourth-order valence-electron chi connectivity index (χ4n) is 2.31. The highest BCUT2D eigenvalue weighted by molar-refractivity contribution is 8.01. The Hall–Kier alpha value is -1.81. The Morgan fingerprint density at radius 2 is 2.12 bits per heavy atom. The predicted molar refractivity (Wildman–Crippen MR) is 87.7 cm³/mol. The average molecular weight is 374 g/mol. The fraction of sp³-hybridized carbons (Fsp3) is 0.357. The Labute approximate surface area is 144 Å². The van der Waals surface area contributed by atoms with Crippen LogP contribution in [0.2, 0.25) is 0 Å². The van der Waals surface area contributed by atoms with Gasteiger partial charge in [0, 0.05) is 12.2 Å². The zero-order chi connectivity index (χ0) is 17.2. The van der Waals surface area contributed by atoms with Gasteiger partial charge in [-0.25, -0.2) is 0 Å². The summed E-state index contributed by atoms with van der Waals surface area (Å²) in [5, 5.41) is 9.70. The second-order valence-electron chi connectivity index (χ2n) is 5.05. The van der Waals surface area contributed by atoms with Crippen LogP contribution in [0.15, 0.2) is 28.6 Å². The first-order chi connectivity index (χ1) is 11.4. The number of nitrogens with one attached hydrogen (secondary N) is 1. The molecule has 1 amide bonds. The average Bonchev–Trinajstić information content (AvgIpc) is 3.17. The minimum Gasteiger partial charge on any atom is -0.351 e. The molecule has 0 radical (unpaired) electrons. The van der Waals surface area contributed by atoms with Gasteiger partial charge in [0.05, 0.1) is 5.75 Å². The first-order valence-corrected chi connectivity index (χ1v) is 8.88. The lowest BCUT2D eigenvalue weighted by Gasteiger charge is -2.16. The Morgan fingerprint density at radius 3 is 2.92 bits per heavy atom. The summed E-state index contributed by atoms with van der Waals surface area (Å²) < 4.78 is 36.9. The van der Waals surface area contributed by atoms with E-state index in [1.165, 1.54) is 11.8 Å². The van der Waals surface area contributed by atoms with Crippen molar-refractivity contribution in [2.75, 3.05) is 29.1 Å². The van der Waals surface area contributed by atoms with Crippen molar-refractivity contribution in [3.05, 3.63) is 29.8 Å². The standard InChI is InChI=1S/C14H13F3N4OS2/c15-14(16,17)8-18-12-19-20-13(24-12)23-7-11(22)21-6-5-9-3-1-2-4-10(9)21/h1-4H,5-8H2,(H,18,19). The highest BCUT2D eigenvalue weighted by Gasteiger charge is 2.27. The molecule has 5 nitrogen and oxygen atoms in total. The summed E-state index contributed by atoms with van der Waals surface area (Å²) >= 11 is 2.18. The number of hydrogen-bond donors (Lipinski definition) is 1. The number of nitrogens with zero attached hydrogens (tertiary/aromatic N) is 3. The summed E-state index contributed by atoms with van der Waals surface area (Å²) in [5.74, 6) is 0.118. The molecule has 1 aliphatic rings. The second kappa shape index (κ2) is 6.98. The lowest BCUT2D eigenvalue weighted by Crippen LogP contribution is -2.30. The molecule has 128 valence electrons. The molecule has 0 spiro atoms. The van der Waals surface area contributed by atoms with Crippen LogP contribution in [-0.2, 0) is 11.2 Å². The number of carbonyl (C=O) groups is 1. The minimum atomic E-state index is -4.31. The van der Waals surface area contributed by atoms with Gasteiger partial charge in [0.2, 0.25) is 11.0 Å². The Bertz CT molecular complexity index is 735. The largest absolute Gasteiger partial charge is 0.405 e. The number of anilines is 2. The van der Waals surface area contributed by atoms with Crippen LogP contribution in [-0.4, -0.2) is 41.1 Å². The van der Waals surface area contributed by atoms with E-state index in [9.17, 15) is 18.0 Å². The van der Waals surface area contributed by atoms with Gasteiger partial charge in [0.25, 0.3) is 0 Å². The van der Waals surface area contributed by atoms with Gasteiger partial charge in [-0.1, -0.05) is 41.3 Å². The van der Waals surface area contributed by atoms with E-state index in [1.54, 1.807) is 4.90 Å². The number of aromatic nitrogens is 2. The van der Waals surface area contributed by atoms with E-state index in [2.05, 4.69) is 15.5 Å². The zero-order valence-corrected chi connectivity index (χ0v) is 14.0. The summed E-state index contributed by atoms with van der Waals surface area (Å²) in [6.07, 6.45) is -3.48. The number of thioether (sulfide) groups is 1. The van der Waals surface area contributed by atoms with Crippen molar-refractivity contribution < 1.29 is 18.0 Å². The number of para-hydroxylation sites is 1. The van der Waals surface area contributed by atoms with Crippen molar-refractivity contribution in [1.82, 2.24) is 10.2 Å². The molecular weight excluding hydrogens is 361 g/mol. The van der Waals surface area contributed by atoms with Gasteiger partial charge in [-0.15, -0.1) is 10.2 Å². The van der Waals surface area contributed by atoms with E-state index in [1.807, 2.05) is 24.3 Å². The highest BCUT2D eigenvalue weighted by atomic mass is 32.2. The molecule has 0 saturated heterocycles. The van der Waals surface area contributed by atoms with E-state index in [0.717, 1.165) is 29.0 Å². The number of rotatable bonds is 5. The summed E-state index contributed by atoms with van der Waals surface area (Å²) in [4.78, 5) is 14.1. The maximum absolute atomic E-state index is 12.3. The van der Waals surface area contributed by atoms with Crippen molar-refractivity contribution in [2.45, 2.75) is 16.9 Å². The summed E-state index contributed by atoms with van der Waals surface area (Å²) in [7, 11) is 0. The number of alkyl halides is 3. The quantitative estimate of drug-likeness (QED) is 0.815. The third-order valence-electron chi connectivity index (χ3n) is 3.35. The SMILES string of the molecule is O=C(CSc1nnc(NCC(F)(F)F)s1)N1CCc2ccccc21. The minimum absolute atomic E-state index is 0.0510. The van der Waals surface area contributed by atoms with Gasteiger partial charge in [0.1, 0.15) is 6.54 Å². The monoisotopic (exact) mass is 374 g/mol. The molecule has 1 N–H and O–H groups in total. The maximum Gasteiger partial charge on any atom is 0.405 e. The first kappa shape index (κ1) is 17.0. The van der Waals surface area contributed by atoms with Crippen molar-refractivity contribution >= 4 is 39.8 Å². The third-order valence-corrected chi connectivity index (χ3v) is 5.35. The van der Waals surface area contributed by atoms with Crippen LogP contribution >= 0.6 is 23.1 Å². The summed E-state index contributed by atoms with van der Waals surface area (Å²) in [5.41, 5.74) is 2.07. The van der Waals surface area contributed by atoms with Crippen molar-refractivity contribution in [3.8, 4) is 0 Å². The molecule has 10 heteroatoms. The summed E-state index contributed by atoms with van der Waals surface area (Å²) in [6, 6.07) is 7.74. The van der Waals surface area contributed by atoms with Gasteiger partial charge in [0.15, 0.2) is 4.34 Å². The van der Waals surface area contributed by atoms with Gasteiger partial charge >= 0.3 is 6.18 Å². The molecule has 24 heavy (non-hydrogen) atoms. The van der Waals surface area contributed by atoms with Crippen LogP contribution < -0.4 is 10.2 Å². The van der Waals surface area contributed by atoms with Gasteiger partial charge in [-0.2, -0.15) is 13.2 Å². The molecular formula is C14H13F3N4OS2. The van der Waals surface area contributed by atoms with Crippen molar-refractivity contribution in [2.24, 2.45) is 0 Å². The number of carbonyl (C=O) groups excluding carboxylic acids is 1. The van der Waals surface area contributed by atoms with E-state index in [0.29, 0.717) is 10.9 Å². The van der Waals surface area contributed by atoms with Gasteiger partial charge < -0.3 is 10.2 Å². The van der Waals surface area contributed by atoms with Crippen molar-refractivity contribution in [1.29, 1.82) is 0 Å². The Balaban J connectivity index is 1.53. The lowest BCUT2D eigenvalue weighted by atomic mass is 10.2. The Morgan fingerprint density at radius 1 is 1.33 bits per heavy atom. The third kappa shape index (κ3) is 4.18. The number of hydrogen-bond acceptors (Lipinski definition) is 6. The molecule has 0 aliphatic carbocycles. The van der Waals surface area contributed by atoms with Crippen LogP contribution in [0, 0.1) is 0 Å². The molecule has 1 aromatic carbocycles. The first-order valence-electron chi connectivity index (χ1n) is 7.07. The number of amides is 1. The molecule has 2 aromatic rings. The highest BCUT2D eigenvalue weighted by Crippen LogP contribution is 2.30. The zero-order valence-electron chi connectivity index (χ0n) is 12.3. The van der Waals surface area contributed by atoms with Crippen LogP contribution in [0.5, 0.6) is 0 Å². The smallest absolute Gasteiger partial charge is 0.351 e. The normalized spacial score (nSPS) is 13.9. The molecule has 1 aliphatic heterocycles. The topological polar surface area (TPSA) is 58.1 Å². The van der Waals surface area contributed by atoms with E-state index >= 15 is 0 Å². The predicted octanol–water partition coefficient (Wildman–Crippen LogP) is 3.19. The molecule has 0 bridgehead atoms. The number of halogens is 3. The molecule has 2 heterocycles. The fourth-order valence-corrected chi connectivity index (χ4v) is 3.94. The molecule has 0 fully saturated rings. The van der Waals surface area contributed by atoms with Crippen LogP contribution in [0.25, 0.3) is 0 Å². The molecule has 1 aromatic heterocycles. The molecule has 0 unspecified atom stereocenters. The van der Waals surface area contributed by atoms with E-state index in [4.69, 9.17) is 0 Å². The second-order valence-corrected chi connectivity index (χ2v) is 7.25. The summed E-state index contributed by atoms with van der Waals surface area (Å²) in [6.45, 7) is -0.511. The lowest BCUT2D eigenvalue weighted by molar-refractivity contribution is -0.116. The van der Waals surface area contributed by atoms with Crippen LogP contribution in [0.4, 0.5) is 24.0 Å². The molecule has 0 atom stereocenters. The van der Waals surface area contributed by atoms with E-state index in [-0.39, 0.29) is 16.8 Å². The molecule has 0 saturated carbocycles. The van der Waals surface area contributed by atoms with E-state index < -0.39 is 12.7 Å². The Kier molecular flexibility index (Phi) is 4.95.